The molecule has 1 rings (SSSR count). The van der Waals surface area contributed by atoms with Crippen molar-refractivity contribution >= 4 is 18.0 Å². The summed E-state index contributed by atoms with van der Waals surface area (Å²) < 4.78 is 4.34. The van der Waals surface area contributed by atoms with Gasteiger partial charge in [-0.05, 0) is 0 Å². The fourth-order valence-corrected chi connectivity index (χ4v) is 0.739. The first kappa shape index (κ1) is 8.51. The molecule has 0 unspecified atom stereocenters. The van der Waals surface area contributed by atoms with Crippen molar-refractivity contribution in [2.75, 3.05) is 20.7 Å². The molecule has 0 aromatic heterocycles. The second kappa shape index (κ2) is 2.80. The molecule has 1 fully saturated rings. The van der Waals surface area contributed by atoms with Crippen LogP contribution in [0.3, 0.4) is 0 Å². The Kier molecular flexibility index (Phi) is 1.99. The summed E-state index contributed by atoms with van der Waals surface area (Å²) in [6, 6.07) is -0.678. The normalized spacial score (nSPS) is 16.3. The highest BCUT2D eigenvalue weighted by Crippen LogP contribution is 2.06. The minimum Gasteiger partial charge on any atom is -0.439 e. The number of imide groups is 3. The zero-order chi connectivity index (χ0) is 9.30. The zero-order valence-electron chi connectivity index (χ0n) is 6.73. The lowest BCUT2D eigenvalue weighted by atomic mass is 10.6. The van der Waals surface area contributed by atoms with E-state index >= 15 is 0 Å². The van der Waals surface area contributed by atoms with Crippen molar-refractivity contribution in [2.24, 2.45) is 0 Å². The maximum absolute atomic E-state index is 11.1. The maximum Gasteiger partial charge on any atom is 0.425 e. The maximum atomic E-state index is 11.1. The number of cyclic esters (lactones) is 1. The van der Waals surface area contributed by atoms with E-state index in [9.17, 15) is 14.4 Å². The number of hydrogen-bond acceptors (Lipinski definition) is 4. The molecule has 66 valence electrons. The third-order valence-electron chi connectivity index (χ3n) is 1.32. The summed E-state index contributed by atoms with van der Waals surface area (Å²) in [5, 5.41) is 0. The van der Waals surface area contributed by atoms with Crippen LogP contribution < -0.4 is 0 Å². The number of urea groups is 1. The van der Waals surface area contributed by atoms with Gasteiger partial charge in [-0.3, -0.25) is 4.79 Å². The van der Waals surface area contributed by atoms with Crippen molar-refractivity contribution in [3.8, 4) is 0 Å². The number of nitrogens with zero attached hydrogens (tertiary/aromatic N) is 2. The Bertz CT molecular complexity index is 232. The second-order valence-corrected chi connectivity index (χ2v) is 2.46. The molecule has 0 N–H and O–H groups in total. The van der Waals surface area contributed by atoms with E-state index in [0.29, 0.717) is 4.90 Å². The summed E-state index contributed by atoms with van der Waals surface area (Å²) in [4.78, 5) is 34.3. The molecule has 1 saturated heterocycles. The Morgan fingerprint density at radius 1 is 1.50 bits per heavy atom. The summed E-state index contributed by atoms with van der Waals surface area (Å²) in [7, 11) is 2.89. The quantitative estimate of drug-likeness (QED) is 0.500. The molecule has 1 heterocycles. The van der Waals surface area contributed by atoms with Crippen LogP contribution in [-0.2, 0) is 9.53 Å². The van der Waals surface area contributed by atoms with Crippen LogP contribution in [0.5, 0.6) is 0 Å². The number of ether oxygens (including phenoxy) is 1. The van der Waals surface area contributed by atoms with E-state index in [-0.39, 0.29) is 6.61 Å². The average molecular weight is 172 g/mol. The van der Waals surface area contributed by atoms with Gasteiger partial charge < -0.3 is 9.64 Å². The highest BCUT2D eigenvalue weighted by atomic mass is 16.6. The van der Waals surface area contributed by atoms with Crippen LogP contribution in [0, 0.1) is 0 Å². The highest BCUT2D eigenvalue weighted by molar-refractivity contribution is 6.11. The van der Waals surface area contributed by atoms with Crippen LogP contribution in [0.15, 0.2) is 0 Å². The molecular formula is C6H8N2O4. The van der Waals surface area contributed by atoms with Gasteiger partial charge in [-0.15, -0.1) is 0 Å². The largest absolute Gasteiger partial charge is 0.439 e. The summed E-state index contributed by atoms with van der Waals surface area (Å²) in [5.74, 6) is -0.626. The van der Waals surface area contributed by atoms with E-state index in [0.717, 1.165) is 4.90 Å². The summed E-state index contributed by atoms with van der Waals surface area (Å²) in [5.41, 5.74) is 0. The molecule has 1 aliphatic rings. The molecule has 0 aromatic rings. The molecule has 0 radical (unpaired) electrons. The van der Waals surface area contributed by atoms with Crippen LogP contribution in [0.2, 0.25) is 0 Å². The van der Waals surface area contributed by atoms with Crippen molar-refractivity contribution in [3.05, 3.63) is 0 Å². The molecule has 6 heteroatoms. The van der Waals surface area contributed by atoms with Crippen molar-refractivity contribution in [3.63, 3.8) is 0 Å². The fourth-order valence-electron chi connectivity index (χ4n) is 0.739. The summed E-state index contributed by atoms with van der Waals surface area (Å²) in [6.45, 7) is -0.349. The molecule has 4 amide bonds. The zero-order valence-corrected chi connectivity index (χ0v) is 6.73. The Morgan fingerprint density at radius 3 is 2.42 bits per heavy atom. The average Bonchev–Trinajstić information content (AvgIpc) is 2.30. The fraction of sp³-hybridized carbons (Fsp3) is 0.500. The van der Waals surface area contributed by atoms with Crippen molar-refractivity contribution in [1.29, 1.82) is 0 Å². The van der Waals surface area contributed by atoms with Crippen molar-refractivity contribution in [1.82, 2.24) is 9.80 Å². The first-order chi connectivity index (χ1) is 5.54. The van der Waals surface area contributed by atoms with E-state index < -0.39 is 18.0 Å². The van der Waals surface area contributed by atoms with Gasteiger partial charge in [0.25, 0.3) is 5.91 Å². The van der Waals surface area contributed by atoms with Crippen LogP contribution in [0.4, 0.5) is 9.59 Å². The first-order valence-corrected chi connectivity index (χ1v) is 3.25. The van der Waals surface area contributed by atoms with Crippen molar-refractivity contribution < 1.29 is 19.1 Å². The standard InChI is InChI=1S/C6H8N2O4/c1-7(2)5(10)8-4(9)3-12-6(8)11/h3H2,1-2H3. The lowest BCUT2D eigenvalue weighted by Crippen LogP contribution is -2.42. The molecule has 0 saturated carbocycles. The predicted octanol–water partition coefficient (Wildman–Crippen LogP) is -0.353. The Hall–Kier alpha value is -1.59. The SMILES string of the molecule is CN(C)C(=O)N1C(=O)COC1=O. The van der Waals surface area contributed by atoms with Gasteiger partial charge in [-0.1, -0.05) is 0 Å². The lowest BCUT2D eigenvalue weighted by molar-refractivity contribution is -0.124. The van der Waals surface area contributed by atoms with Crippen LogP contribution >= 0.6 is 0 Å². The molecule has 0 aliphatic carbocycles. The summed E-state index contributed by atoms with van der Waals surface area (Å²) >= 11 is 0. The molecule has 6 nitrogen and oxygen atoms in total. The molecule has 0 atom stereocenters. The number of amides is 4. The van der Waals surface area contributed by atoms with Crippen LogP contribution in [-0.4, -0.2) is 48.5 Å². The van der Waals surface area contributed by atoms with E-state index in [1.807, 2.05) is 0 Å². The van der Waals surface area contributed by atoms with Gasteiger partial charge in [0, 0.05) is 14.1 Å². The first-order valence-electron chi connectivity index (χ1n) is 3.25. The number of hydrogen-bond donors (Lipinski definition) is 0. The van der Waals surface area contributed by atoms with Crippen molar-refractivity contribution in [2.45, 2.75) is 0 Å². The van der Waals surface area contributed by atoms with Gasteiger partial charge in [-0.2, -0.15) is 4.90 Å². The second-order valence-electron chi connectivity index (χ2n) is 2.46. The van der Waals surface area contributed by atoms with Crippen LogP contribution in [0.25, 0.3) is 0 Å². The van der Waals surface area contributed by atoms with Gasteiger partial charge in [0.15, 0.2) is 6.61 Å². The predicted molar refractivity (Wildman–Crippen MR) is 37.3 cm³/mol. The Morgan fingerprint density at radius 2 is 2.08 bits per heavy atom. The van der Waals surface area contributed by atoms with Gasteiger partial charge in [0.1, 0.15) is 0 Å². The third kappa shape index (κ3) is 1.23. The Labute approximate surface area is 68.7 Å². The lowest BCUT2D eigenvalue weighted by Gasteiger charge is -2.14. The molecule has 0 spiro atoms. The minimum absolute atomic E-state index is 0.349. The molecule has 12 heavy (non-hydrogen) atoms. The number of carbonyl (C=O) groups is 3. The van der Waals surface area contributed by atoms with Gasteiger partial charge in [0.2, 0.25) is 0 Å². The molecule has 0 bridgehead atoms. The van der Waals surface area contributed by atoms with E-state index in [1.165, 1.54) is 14.1 Å². The number of carbonyl (C=O) groups excluding carboxylic acids is 3. The molecule has 0 aromatic carbocycles. The summed E-state index contributed by atoms with van der Waals surface area (Å²) in [6.07, 6.45) is -0.904. The number of rotatable bonds is 0. The minimum atomic E-state index is -0.904. The molecule has 1 aliphatic heterocycles. The Balaban J connectivity index is 2.80. The smallest absolute Gasteiger partial charge is 0.425 e. The third-order valence-corrected chi connectivity index (χ3v) is 1.32. The molecular weight excluding hydrogens is 164 g/mol. The highest BCUT2D eigenvalue weighted by Gasteiger charge is 2.37. The topological polar surface area (TPSA) is 66.9 Å². The van der Waals surface area contributed by atoms with Gasteiger partial charge >= 0.3 is 12.1 Å². The van der Waals surface area contributed by atoms with E-state index in [1.54, 1.807) is 0 Å². The van der Waals surface area contributed by atoms with Crippen LogP contribution in [0.1, 0.15) is 0 Å². The van der Waals surface area contributed by atoms with E-state index in [4.69, 9.17) is 0 Å². The van der Waals surface area contributed by atoms with E-state index in [2.05, 4.69) is 4.74 Å². The monoisotopic (exact) mass is 172 g/mol. The van der Waals surface area contributed by atoms with Gasteiger partial charge in [0.05, 0.1) is 0 Å². The van der Waals surface area contributed by atoms with Gasteiger partial charge in [-0.25, -0.2) is 9.59 Å².